The Morgan fingerprint density at radius 2 is 1.28 bits per heavy atom. The minimum absolute atomic E-state index is 0.303. The molecule has 0 rings (SSSR count). The van der Waals surface area contributed by atoms with Gasteiger partial charge in [0.15, 0.2) is 0 Å². The Balaban J connectivity index is 0. The molecule has 2 N–H and O–H groups in total. The highest BCUT2D eigenvalue weighted by Gasteiger charge is 2.07. The first-order chi connectivity index (χ1) is 11.7. The minimum Gasteiger partial charge on any atom is -0.481 e. The Hall–Kier alpha value is -2.64. The molecule has 0 aliphatic rings. The molecule has 0 aromatic rings. The Kier molecular flexibility index (Phi) is 16.0. The van der Waals surface area contributed by atoms with Crippen LogP contribution in [0.5, 0.6) is 0 Å². The fraction of sp³-hybridized carbons (Fsp3) is 0.529. The summed E-state index contributed by atoms with van der Waals surface area (Å²) in [4.78, 5) is 41.7. The highest BCUT2D eigenvalue weighted by Crippen LogP contribution is 1.95. The SMILES string of the molecule is C=C(CC(=O)O)C(=O)O.CCCCOC(=O)/C=C/C(=O)OCCCC. The van der Waals surface area contributed by atoms with Gasteiger partial charge in [0.25, 0.3) is 0 Å². The van der Waals surface area contributed by atoms with Crippen molar-refractivity contribution in [3.8, 4) is 0 Å². The lowest BCUT2D eigenvalue weighted by Crippen LogP contribution is -2.05. The van der Waals surface area contributed by atoms with Gasteiger partial charge in [-0.25, -0.2) is 14.4 Å². The molecule has 0 unspecified atom stereocenters. The summed E-state index contributed by atoms with van der Waals surface area (Å²) < 4.78 is 9.65. The van der Waals surface area contributed by atoms with Gasteiger partial charge in [-0.15, -0.1) is 0 Å². The average molecular weight is 358 g/mol. The minimum atomic E-state index is -1.27. The second-order valence-electron chi connectivity index (χ2n) is 4.85. The summed E-state index contributed by atoms with van der Waals surface area (Å²) in [7, 11) is 0. The van der Waals surface area contributed by atoms with E-state index in [0.29, 0.717) is 13.2 Å². The maximum atomic E-state index is 11.0. The molecule has 142 valence electrons. The quantitative estimate of drug-likeness (QED) is 0.327. The predicted octanol–water partition coefficient (Wildman–Crippen LogP) is 2.33. The van der Waals surface area contributed by atoms with Gasteiger partial charge in [-0.3, -0.25) is 4.79 Å². The van der Waals surface area contributed by atoms with Crippen LogP contribution in [0.3, 0.4) is 0 Å². The fourth-order valence-electron chi connectivity index (χ4n) is 1.12. The Labute approximate surface area is 147 Å². The topological polar surface area (TPSA) is 127 Å². The molecule has 0 amide bonds. The molecule has 0 saturated heterocycles. The summed E-state index contributed by atoms with van der Waals surface area (Å²) in [5, 5.41) is 16.1. The largest absolute Gasteiger partial charge is 0.481 e. The van der Waals surface area contributed by atoms with Crippen LogP contribution in [-0.2, 0) is 28.7 Å². The van der Waals surface area contributed by atoms with Crippen LogP contribution in [-0.4, -0.2) is 47.3 Å². The molecule has 8 nitrogen and oxygen atoms in total. The van der Waals surface area contributed by atoms with Crippen molar-refractivity contribution < 1.29 is 38.9 Å². The molecule has 0 aromatic heterocycles. The molecule has 0 saturated carbocycles. The summed E-state index contributed by atoms with van der Waals surface area (Å²) in [6, 6.07) is 0. The van der Waals surface area contributed by atoms with Gasteiger partial charge >= 0.3 is 23.9 Å². The maximum absolute atomic E-state index is 11.0. The molecule has 0 heterocycles. The lowest BCUT2D eigenvalue weighted by molar-refractivity contribution is -0.140. The van der Waals surface area contributed by atoms with Crippen molar-refractivity contribution in [2.24, 2.45) is 0 Å². The van der Waals surface area contributed by atoms with Crippen LogP contribution in [0.1, 0.15) is 46.0 Å². The van der Waals surface area contributed by atoms with Crippen molar-refractivity contribution in [3.63, 3.8) is 0 Å². The van der Waals surface area contributed by atoms with Gasteiger partial charge in [-0.05, 0) is 12.8 Å². The molecule has 8 heteroatoms. The van der Waals surface area contributed by atoms with E-state index in [4.69, 9.17) is 19.7 Å². The van der Waals surface area contributed by atoms with Crippen molar-refractivity contribution in [2.45, 2.75) is 46.0 Å². The van der Waals surface area contributed by atoms with E-state index in [0.717, 1.165) is 37.8 Å². The Bertz CT molecular complexity index is 455. The summed E-state index contributed by atoms with van der Waals surface area (Å²) in [6.45, 7) is 7.82. The van der Waals surface area contributed by atoms with Crippen LogP contribution in [0.15, 0.2) is 24.3 Å². The maximum Gasteiger partial charge on any atom is 0.331 e. The molecule has 0 atom stereocenters. The van der Waals surface area contributed by atoms with Crippen molar-refractivity contribution >= 4 is 23.9 Å². The first-order valence-corrected chi connectivity index (χ1v) is 7.88. The molecule has 25 heavy (non-hydrogen) atoms. The second-order valence-corrected chi connectivity index (χ2v) is 4.85. The molecule has 0 radical (unpaired) electrons. The molecule has 0 aliphatic carbocycles. The molecule has 0 bridgehead atoms. The van der Waals surface area contributed by atoms with E-state index in [-0.39, 0.29) is 5.57 Å². The zero-order valence-electron chi connectivity index (χ0n) is 14.7. The second kappa shape index (κ2) is 16.2. The van der Waals surface area contributed by atoms with Crippen LogP contribution >= 0.6 is 0 Å². The first-order valence-electron chi connectivity index (χ1n) is 7.88. The molecule has 0 aliphatic heterocycles. The number of esters is 2. The number of unbranched alkanes of at least 4 members (excludes halogenated alkanes) is 2. The van der Waals surface area contributed by atoms with E-state index in [1.807, 2.05) is 13.8 Å². The highest BCUT2D eigenvalue weighted by atomic mass is 16.5. The van der Waals surface area contributed by atoms with Gasteiger partial charge < -0.3 is 19.7 Å². The summed E-state index contributed by atoms with van der Waals surface area (Å²) in [5.41, 5.74) is -0.303. The average Bonchev–Trinajstić information content (AvgIpc) is 2.53. The third-order valence-electron chi connectivity index (χ3n) is 2.51. The third-order valence-corrected chi connectivity index (χ3v) is 2.51. The monoisotopic (exact) mass is 358 g/mol. The molecule has 0 fully saturated rings. The summed E-state index contributed by atoms with van der Waals surface area (Å²) >= 11 is 0. The fourth-order valence-corrected chi connectivity index (χ4v) is 1.12. The van der Waals surface area contributed by atoms with Gasteiger partial charge in [0.05, 0.1) is 19.6 Å². The van der Waals surface area contributed by atoms with Crippen molar-refractivity contribution in [2.75, 3.05) is 13.2 Å². The van der Waals surface area contributed by atoms with Crippen LogP contribution in [0.2, 0.25) is 0 Å². The smallest absolute Gasteiger partial charge is 0.331 e. The van der Waals surface area contributed by atoms with Crippen molar-refractivity contribution in [1.29, 1.82) is 0 Å². The van der Waals surface area contributed by atoms with Crippen LogP contribution in [0.25, 0.3) is 0 Å². The lowest BCUT2D eigenvalue weighted by Gasteiger charge is -2.00. The van der Waals surface area contributed by atoms with E-state index in [2.05, 4.69) is 6.58 Å². The number of carbonyl (C=O) groups is 4. The zero-order chi connectivity index (χ0) is 19.7. The summed E-state index contributed by atoms with van der Waals surface area (Å²) in [6.07, 6.45) is 5.30. The molecule has 0 aromatic carbocycles. The van der Waals surface area contributed by atoms with E-state index in [1.54, 1.807) is 0 Å². The number of hydrogen-bond acceptors (Lipinski definition) is 6. The van der Waals surface area contributed by atoms with E-state index < -0.39 is 30.3 Å². The number of ether oxygens (including phenoxy) is 2. The number of carboxylic acid groups (broad SMARTS) is 2. The number of carbonyl (C=O) groups excluding carboxylic acids is 2. The van der Waals surface area contributed by atoms with Crippen molar-refractivity contribution in [3.05, 3.63) is 24.3 Å². The summed E-state index contributed by atoms with van der Waals surface area (Å²) in [5.74, 6) is -3.44. The molecule has 0 spiro atoms. The number of carboxylic acids is 2. The van der Waals surface area contributed by atoms with Gasteiger partial charge in [0, 0.05) is 17.7 Å². The normalized spacial score (nSPS) is 9.68. The molecular weight excluding hydrogens is 332 g/mol. The highest BCUT2D eigenvalue weighted by molar-refractivity contribution is 5.92. The van der Waals surface area contributed by atoms with Gasteiger partial charge in [-0.1, -0.05) is 33.3 Å². The van der Waals surface area contributed by atoms with Gasteiger partial charge in [-0.2, -0.15) is 0 Å². The molecular formula is C17H26O8. The van der Waals surface area contributed by atoms with Gasteiger partial charge in [0.1, 0.15) is 0 Å². The number of aliphatic carboxylic acids is 2. The number of rotatable bonds is 11. The number of hydrogen-bond donors (Lipinski definition) is 2. The third kappa shape index (κ3) is 19.3. The van der Waals surface area contributed by atoms with Gasteiger partial charge in [0.2, 0.25) is 0 Å². The standard InChI is InChI=1S/C12H20O4.C5H6O4/c1-3-5-9-15-11(13)7-8-12(14)16-10-6-4-2;1-3(5(8)9)2-4(6)7/h7-8H,3-6,9-10H2,1-2H3;1-2H2,(H,6,7)(H,8,9)/b8-7+;. The predicted molar refractivity (Wildman–Crippen MR) is 89.9 cm³/mol. The first kappa shape index (κ1) is 24.6. The Morgan fingerprint density at radius 3 is 1.52 bits per heavy atom. The van der Waals surface area contributed by atoms with E-state index >= 15 is 0 Å². The Morgan fingerprint density at radius 1 is 0.880 bits per heavy atom. The van der Waals surface area contributed by atoms with Crippen molar-refractivity contribution in [1.82, 2.24) is 0 Å². The van der Waals surface area contributed by atoms with Crippen LogP contribution in [0, 0.1) is 0 Å². The van der Waals surface area contributed by atoms with Crippen LogP contribution < -0.4 is 0 Å². The zero-order valence-corrected chi connectivity index (χ0v) is 14.7. The van der Waals surface area contributed by atoms with E-state index in [9.17, 15) is 19.2 Å². The van der Waals surface area contributed by atoms with Crippen LogP contribution in [0.4, 0.5) is 0 Å². The van der Waals surface area contributed by atoms with E-state index in [1.165, 1.54) is 0 Å². The lowest BCUT2D eigenvalue weighted by atomic mass is 10.2.